The van der Waals surface area contributed by atoms with Crippen LogP contribution in [0.4, 0.5) is 0 Å². The van der Waals surface area contributed by atoms with E-state index >= 15 is 0 Å². The first-order valence-corrected chi connectivity index (χ1v) is 6.83. The van der Waals surface area contributed by atoms with Gasteiger partial charge in [-0.25, -0.2) is 4.98 Å². The van der Waals surface area contributed by atoms with Gasteiger partial charge in [0.05, 0.1) is 5.56 Å². The Kier molecular flexibility index (Phi) is 3.96. The standard InChI is InChI=1S/C12H16N4O2S/c1-6(13-4-9-5-19-12(18)16-9)10-7(2)14-8(3)15-11(10)17/h5-6,13H,4H2,1-3H3,(H,16,18)(H,14,15,17). The van der Waals surface area contributed by atoms with Crippen molar-refractivity contribution in [2.24, 2.45) is 0 Å². The number of hydrogen-bond acceptors (Lipinski definition) is 5. The van der Waals surface area contributed by atoms with E-state index in [2.05, 4.69) is 20.3 Å². The first-order valence-electron chi connectivity index (χ1n) is 5.95. The lowest BCUT2D eigenvalue weighted by Crippen LogP contribution is -2.28. The summed E-state index contributed by atoms with van der Waals surface area (Å²) < 4.78 is 0. The Balaban J connectivity index is 2.14. The van der Waals surface area contributed by atoms with E-state index in [4.69, 9.17) is 0 Å². The topological polar surface area (TPSA) is 90.6 Å². The smallest absolute Gasteiger partial charge is 0.304 e. The van der Waals surface area contributed by atoms with Crippen LogP contribution in [0.1, 0.15) is 35.7 Å². The molecule has 0 saturated carbocycles. The quantitative estimate of drug-likeness (QED) is 0.779. The lowest BCUT2D eigenvalue weighted by molar-refractivity contribution is 0.557. The Labute approximate surface area is 113 Å². The highest BCUT2D eigenvalue weighted by atomic mass is 32.1. The van der Waals surface area contributed by atoms with Crippen molar-refractivity contribution < 1.29 is 0 Å². The molecule has 7 heteroatoms. The summed E-state index contributed by atoms with van der Waals surface area (Å²) in [6.45, 7) is 5.99. The van der Waals surface area contributed by atoms with Crippen LogP contribution in [-0.2, 0) is 6.54 Å². The van der Waals surface area contributed by atoms with Crippen molar-refractivity contribution in [3.05, 3.63) is 48.2 Å². The lowest BCUT2D eigenvalue weighted by Gasteiger charge is -2.14. The van der Waals surface area contributed by atoms with Crippen molar-refractivity contribution >= 4 is 11.3 Å². The molecule has 19 heavy (non-hydrogen) atoms. The van der Waals surface area contributed by atoms with E-state index in [1.807, 2.05) is 13.8 Å². The molecule has 0 radical (unpaired) electrons. The molecule has 0 fully saturated rings. The zero-order chi connectivity index (χ0) is 14.0. The van der Waals surface area contributed by atoms with E-state index in [0.717, 1.165) is 22.7 Å². The van der Waals surface area contributed by atoms with Gasteiger partial charge in [-0.2, -0.15) is 0 Å². The summed E-state index contributed by atoms with van der Waals surface area (Å²) in [5, 5.41) is 4.98. The van der Waals surface area contributed by atoms with E-state index in [0.29, 0.717) is 17.9 Å². The molecule has 0 amide bonds. The van der Waals surface area contributed by atoms with Crippen molar-refractivity contribution in [2.45, 2.75) is 33.4 Å². The predicted molar refractivity (Wildman–Crippen MR) is 74.5 cm³/mol. The average molecular weight is 280 g/mol. The molecule has 0 bridgehead atoms. The van der Waals surface area contributed by atoms with Gasteiger partial charge in [-0.1, -0.05) is 11.3 Å². The molecular weight excluding hydrogens is 264 g/mol. The first kappa shape index (κ1) is 13.7. The molecule has 102 valence electrons. The fourth-order valence-corrected chi connectivity index (χ4v) is 2.59. The first-order chi connectivity index (χ1) is 8.97. The molecule has 2 aromatic heterocycles. The van der Waals surface area contributed by atoms with E-state index in [1.54, 1.807) is 12.3 Å². The number of aromatic amines is 2. The molecule has 2 aromatic rings. The molecule has 0 aromatic carbocycles. The van der Waals surface area contributed by atoms with Crippen molar-refractivity contribution in [3.8, 4) is 0 Å². The Bertz CT molecular complexity index is 686. The van der Waals surface area contributed by atoms with Gasteiger partial charge in [0, 0.05) is 29.4 Å². The monoisotopic (exact) mass is 280 g/mol. The molecule has 0 aliphatic carbocycles. The number of nitrogens with one attached hydrogen (secondary N) is 3. The molecule has 6 nitrogen and oxygen atoms in total. The summed E-state index contributed by atoms with van der Waals surface area (Å²) in [4.78, 5) is 32.6. The van der Waals surface area contributed by atoms with Crippen LogP contribution in [0.25, 0.3) is 0 Å². The number of rotatable bonds is 4. The van der Waals surface area contributed by atoms with Gasteiger partial charge in [-0.05, 0) is 20.8 Å². The van der Waals surface area contributed by atoms with Crippen molar-refractivity contribution in [1.29, 1.82) is 0 Å². The zero-order valence-corrected chi connectivity index (χ0v) is 11.9. The summed E-state index contributed by atoms with van der Waals surface area (Å²) in [6, 6.07) is -0.139. The summed E-state index contributed by atoms with van der Waals surface area (Å²) in [6.07, 6.45) is 0. The highest BCUT2D eigenvalue weighted by molar-refractivity contribution is 7.07. The van der Waals surface area contributed by atoms with Crippen LogP contribution >= 0.6 is 11.3 Å². The van der Waals surface area contributed by atoms with Crippen LogP contribution in [0.15, 0.2) is 15.0 Å². The zero-order valence-electron chi connectivity index (χ0n) is 11.0. The molecular formula is C12H16N4O2S. The van der Waals surface area contributed by atoms with Gasteiger partial charge in [0.2, 0.25) is 0 Å². The van der Waals surface area contributed by atoms with Gasteiger partial charge in [0.15, 0.2) is 0 Å². The normalized spacial score (nSPS) is 12.6. The minimum absolute atomic E-state index is 0.0736. The van der Waals surface area contributed by atoms with Crippen LogP contribution < -0.4 is 15.7 Å². The number of aryl methyl sites for hydroxylation is 2. The number of nitrogens with zero attached hydrogens (tertiary/aromatic N) is 1. The van der Waals surface area contributed by atoms with Crippen LogP contribution in [0, 0.1) is 13.8 Å². The van der Waals surface area contributed by atoms with Crippen molar-refractivity contribution in [3.63, 3.8) is 0 Å². The van der Waals surface area contributed by atoms with Gasteiger partial charge < -0.3 is 15.3 Å². The second kappa shape index (κ2) is 5.50. The van der Waals surface area contributed by atoms with Crippen LogP contribution in [0.2, 0.25) is 0 Å². The molecule has 1 atom stereocenters. The van der Waals surface area contributed by atoms with Crippen LogP contribution in [-0.4, -0.2) is 15.0 Å². The van der Waals surface area contributed by atoms with Crippen molar-refractivity contribution in [1.82, 2.24) is 20.3 Å². The minimum atomic E-state index is -0.139. The molecule has 3 N–H and O–H groups in total. The third-order valence-corrected chi connectivity index (χ3v) is 3.59. The van der Waals surface area contributed by atoms with Gasteiger partial charge in [-0.3, -0.25) is 9.59 Å². The number of H-pyrrole nitrogens is 2. The van der Waals surface area contributed by atoms with Gasteiger partial charge in [0.25, 0.3) is 5.56 Å². The third-order valence-electron chi connectivity index (χ3n) is 2.87. The van der Waals surface area contributed by atoms with E-state index < -0.39 is 0 Å². The minimum Gasteiger partial charge on any atom is -0.315 e. The molecule has 0 aliphatic heterocycles. The fraction of sp³-hybridized carbons (Fsp3) is 0.417. The van der Waals surface area contributed by atoms with Gasteiger partial charge in [0.1, 0.15) is 5.82 Å². The molecule has 0 saturated heterocycles. The Morgan fingerprint density at radius 3 is 2.68 bits per heavy atom. The number of thiazole rings is 1. The molecule has 2 heterocycles. The SMILES string of the molecule is Cc1nc(C)c(C(C)NCc2csc(=O)[nH]2)c(=O)[nH]1. The van der Waals surface area contributed by atoms with Crippen molar-refractivity contribution in [2.75, 3.05) is 0 Å². The Morgan fingerprint density at radius 2 is 2.11 bits per heavy atom. The highest BCUT2D eigenvalue weighted by Gasteiger charge is 2.14. The van der Waals surface area contributed by atoms with E-state index in [9.17, 15) is 9.59 Å². The average Bonchev–Trinajstić information content (AvgIpc) is 2.71. The molecule has 1 unspecified atom stereocenters. The summed E-state index contributed by atoms with van der Waals surface area (Å²) in [5.74, 6) is 0.612. The second-order valence-corrected chi connectivity index (χ2v) is 5.27. The molecule has 0 spiro atoms. The highest BCUT2D eigenvalue weighted by Crippen LogP contribution is 2.11. The predicted octanol–water partition coefficient (Wildman–Crippen LogP) is 0.987. The Hall–Kier alpha value is -1.73. The largest absolute Gasteiger partial charge is 0.315 e. The summed E-state index contributed by atoms with van der Waals surface area (Å²) in [7, 11) is 0. The lowest BCUT2D eigenvalue weighted by atomic mass is 10.1. The third kappa shape index (κ3) is 3.18. The maximum Gasteiger partial charge on any atom is 0.304 e. The molecule has 0 aliphatic rings. The van der Waals surface area contributed by atoms with Gasteiger partial charge in [-0.15, -0.1) is 0 Å². The van der Waals surface area contributed by atoms with E-state index in [-0.39, 0.29) is 16.5 Å². The van der Waals surface area contributed by atoms with E-state index in [1.165, 1.54) is 0 Å². The molecule has 2 rings (SSSR count). The van der Waals surface area contributed by atoms with Gasteiger partial charge >= 0.3 is 4.87 Å². The maximum absolute atomic E-state index is 11.9. The number of aromatic nitrogens is 3. The maximum atomic E-state index is 11.9. The second-order valence-electron chi connectivity index (χ2n) is 4.43. The number of hydrogen-bond donors (Lipinski definition) is 3. The fourth-order valence-electron chi connectivity index (χ4n) is 2.01. The summed E-state index contributed by atoms with van der Waals surface area (Å²) in [5.41, 5.74) is 2.04. The summed E-state index contributed by atoms with van der Waals surface area (Å²) >= 11 is 1.13. The Morgan fingerprint density at radius 1 is 1.37 bits per heavy atom. The van der Waals surface area contributed by atoms with Crippen LogP contribution in [0.5, 0.6) is 0 Å². The van der Waals surface area contributed by atoms with Crippen LogP contribution in [0.3, 0.4) is 0 Å².